The number of allylic oxidation sites excluding steroid dienone is 1. The number of hydrogen-bond acceptors (Lipinski definition) is 3. The lowest BCUT2D eigenvalue weighted by molar-refractivity contribution is -0.243. The maximum absolute atomic E-state index is 12.6. The number of carbonyl (C=O) groups is 1. The molecule has 130 valence electrons. The molecule has 0 radical (unpaired) electrons. The van der Waals surface area contributed by atoms with Crippen LogP contribution in [0.4, 0.5) is 0 Å². The average Bonchev–Trinajstić information content (AvgIpc) is 2.70. The third-order valence-electron chi connectivity index (χ3n) is 4.28. The van der Waals surface area contributed by atoms with Crippen molar-refractivity contribution < 1.29 is 15.0 Å². The van der Waals surface area contributed by atoms with Crippen LogP contribution >= 0.6 is 0 Å². The predicted octanol–water partition coefficient (Wildman–Crippen LogP) is 3.28. The van der Waals surface area contributed by atoms with Gasteiger partial charge in [-0.05, 0) is 22.8 Å². The predicted molar refractivity (Wildman–Crippen MR) is 99.9 cm³/mol. The molecule has 0 bridgehead atoms. The van der Waals surface area contributed by atoms with Gasteiger partial charge in [-0.3, -0.25) is 4.79 Å². The highest BCUT2D eigenvalue weighted by atomic mass is 16.3. The molecule has 3 aromatic carbocycles. The minimum Gasteiger partial charge on any atom is -0.872 e. The van der Waals surface area contributed by atoms with Gasteiger partial charge >= 0.3 is 0 Å². The summed E-state index contributed by atoms with van der Waals surface area (Å²) in [7, 11) is 0. The molecule has 0 aliphatic carbocycles. The van der Waals surface area contributed by atoms with Crippen molar-refractivity contribution in [3.8, 4) is 0 Å². The molecule has 0 aliphatic heterocycles. The normalized spacial score (nSPS) is 12.0. The fourth-order valence-electron chi connectivity index (χ4n) is 2.93. The van der Waals surface area contributed by atoms with E-state index in [9.17, 15) is 15.0 Å². The zero-order chi connectivity index (χ0) is 18.4. The summed E-state index contributed by atoms with van der Waals surface area (Å²) in [5.74, 6) is -0.784. The molecule has 0 aliphatic rings. The van der Waals surface area contributed by atoms with Crippen LogP contribution in [0.1, 0.15) is 23.1 Å². The van der Waals surface area contributed by atoms with Crippen LogP contribution in [-0.4, -0.2) is 10.9 Å². The number of ketones is 1. The van der Waals surface area contributed by atoms with E-state index in [1.807, 2.05) is 42.5 Å². The molecule has 26 heavy (non-hydrogen) atoms. The first-order chi connectivity index (χ1) is 12.6. The van der Waals surface area contributed by atoms with Gasteiger partial charge in [0.2, 0.25) is 0 Å². The van der Waals surface area contributed by atoms with Crippen molar-refractivity contribution in [3.63, 3.8) is 0 Å². The third kappa shape index (κ3) is 3.90. The molecule has 0 unspecified atom stereocenters. The zero-order valence-corrected chi connectivity index (χ0v) is 14.2. The Morgan fingerprint density at radius 3 is 1.69 bits per heavy atom. The van der Waals surface area contributed by atoms with Crippen LogP contribution in [0, 0.1) is 0 Å². The molecule has 1 N–H and O–H groups in total. The van der Waals surface area contributed by atoms with E-state index >= 15 is 0 Å². The lowest BCUT2D eigenvalue weighted by Gasteiger charge is -2.28. The second-order valence-corrected chi connectivity index (χ2v) is 6.11. The first-order valence-corrected chi connectivity index (χ1v) is 8.40. The van der Waals surface area contributed by atoms with E-state index in [1.165, 1.54) is 0 Å². The van der Waals surface area contributed by atoms with E-state index < -0.39 is 11.4 Å². The number of aliphatic hydroxyl groups is 1. The first kappa shape index (κ1) is 17.6. The van der Waals surface area contributed by atoms with Gasteiger partial charge in [-0.1, -0.05) is 96.8 Å². The van der Waals surface area contributed by atoms with Gasteiger partial charge in [0.05, 0.1) is 0 Å². The summed E-state index contributed by atoms with van der Waals surface area (Å²) in [6.45, 7) is 0. The Bertz CT molecular complexity index is 845. The van der Waals surface area contributed by atoms with Crippen molar-refractivity contribution in [1.82, 2.24) is 0 Å². The van der Waals surface area contributed by atoms with E-state index in [0.29, 0.717) is 16.7 Å². The van der Waals surface area contributed by atoms with Crippen molar-refractivity contribution in [2.75, 3.05) is 0 Å². The van der Waals surface area contributed by atoms with E-state index in [2.05, 4.69) is 0 Å². The van der Waals surface area contributed by atoms with E-state index in [1.54, 1.807) is 48.5 Å². The number of hydrogen-bond donors (Lipinski definition) is 1. The van der Waals surface area contributed by atoms with E-state index in [4.69, 9.17) is 0 Å². The lowest BCUT2D eigenvalue weighted by Crippen LogP contribution is -2.30. The van der Waals surface area contributed by atoms with Gasteiger partial charge in [0.1, 0.15) is 5.60 Å². The quantitative estimate of drug-likeness (QED) is 0.552. The summed E-state index contributed by atoms with van der Waals surface area (Å²) >= 11 is 0. The molecule has 0 saturated heterocycles. The lowest BCUT2D eigenvalue weighted by atomic mass is 9.82. The molecule has 0 aromatic heterocycles. The minimum absolute atomic E-state index is 0.209. The van der Waals surface area contributed by atoms with E-state index in [-0.39, 0.29) is 12.2 Å². The Labute approximate surface area is 152 Å². The molecule has 0 amide bonds. The monoisotopic (exact) mass is 343 g/mol. The van der Waals surface area contributed by atoms with Crippen LogP contribution in [0.2, 0.25) is 0 Å². The van der Waals surface area contributed by atoms with Gasteiger partial charge in [0.25, 0.3) is 0 Å². The second-order valence-electron chi connectivity index (χ2n) is 6.11. The topological polar surface area (TPSA) is 60.4 Å². The summed E-state index contributed by atoms with van der Waals surface area (Å²) in [6, 6.07) is 26.7. The van der Waals surface area contributed by atoms with Crippen LogP contribution in [0.15, 0.2) is 97.1 Å². The van der Waals surface area contributed by atoms with E-state index in [0.717, 1.165) is 6.08 Å². The fourth-order valence-corrected chi connectivity index (χ4v) is 2.93. The molecule has 0 spiro atoms. The second kappa shape index (κ2) is 7.81. The van der Waals surface area contributed by atoms with Crippen LogP contribution in [0.3, 0.4) is 0 Å². The Balaban J connectivity index is 1.93. The Morgan fingerprint density at radius 2 is 1.23 bits per heavy atom. The zero-order valence-electron chi connectivity index (χ0n) is 14.2. The van der Waals surface area contributed by atoms with Crippen LogP contribution < -0.4 is 5.11 Å². The van der Waals surface area contributed by atoms with Gasteiger partial charge < -0.3 is 10.2 Å². The highest BCUT2D eigenvalue weighted by Crippen LogP contribution is 2.33. The Kier molecular flexibility index (Phi) is 5.30. The Morgan fingerprint density at radius 1 is 0.808 bits per heavy atom. The Hall–Kier alpha value is -3.17. The van der Waals surface area contributed by atoms with Gasteiger partial charge in [-0.15, -0.1) is 0 Å². The molecular weight excluding hydrogens is 324 g/mol. The smallest absolute Gasteiger partial charge is 0.158 e. The molecule has 3 heteroatoms. The molecule has 3 nitrogen and oxygen atoms in total. The molecule has 3 aromatic rings. The van der Waals surface area contributed by atoms with Crippen molar-refractivity contribution >= 4 is 11.5 Å². The maximum atomic E-state index is 12.6. The largest absolute Gasteiger partial charge is 0.872 e. The first-order valence-electron chi connectivity index (χ1n) is 8.40. The summed E-state index contributed by atoms with van der Waals surface area (Å²) in [5, 5.41) is 23.6. The van der Waals surface area contributed by atoms with Crippen LogP contribution in [0.25, 0.3) is 5.76 Å². The van der Waals surface area contributed by atoms with Gasteiger partial charge in [-0.25, -0.2) is 0 Å². The number of carbonyl (C=O) groups excluding carboxylic acids is 1. The molecular formula is C23H19O3-. The fraction of sp³-hybridized carbons (Fsp3) is 0.0870. The number of rotatable bonds is 6. The maximum Gasteiger partial charge on any atom is 0.158 e. The van der Waals surface area contributed by atoms with Crippen molar-refractivity contribution in [2.45, 2.75) is 12.0 Å². The molecule has 0 saturated carbocycles. The summed E-state index contributed by atoms with van der Waals surface area (Å²) in [5.41, 5.74) is 0.177. The van der Waals surface area contributed by atoms with Crippen molar-refractivity contribution in [3.05, 3.63) is 114 Å². The summed E-state index contributed by atoms with van der Waals surface area (Å²) in [6.07, 6.45) is 0.853. The van der Waals surface area contributed by atoms with Crippen molar-refractivity contribution in [2.24, 2.45) is 0 Å². The minimum atomic E-state index is -1.49. The molecule has 0 atom stereocenters. The van der Waals surface area contributed by atoms with Crippen LogP contribution in [-0.2, 0) is 10.4 Å². The average molecular weight is 343 g/mol. The van der Waals surface area contributed by atoms with Crippen LogP contribution in [0.5, 0.6) is 0 Å². The third-order valence-corrected chi connectivity index (χ3v) is 4.28. The standard InChI is InChI=1S/C23H20O3/c24-21(16-22(25)18-10-4-1-5-11-18)17-23(26,19-12-6-2-7-13-19)20-14-8-3-9-15-20/h1-16,25-26H,17H2/p-1/b22-16-. The van der Waals surface area contributed by atoms with Gasteiger partial charge in [0, 0.05) is 6.42 Å². The SMILES string of the molecule is O=C(/C=C(\[O-])c1ccccc1)CC(O)(c1ccccc1)c1ccccc1. The highest BCUT2D eigenvalue weighted by molar-refractivity contribution is 5.96. The highest BCUT2D eigenvalue weighted by Gasteiger charge is 2.33. The van der Waals surface area contributed by atoms with Gasteiger partial charge in [-0.2, -0.15) is 0 Å². The number of benzene rings is 3. The van der Waals surface area contributed by atoms with Crippen molar-refractivity contribution in [1.29, 1.82) is 0 Å². The van der Waals surface area contributed by atoms with Gasteiger partial charge in [0.15, 0.2) is 5.78 Å². The summed E-state index contributed by atoms with van der Waals surface area (Å²) < 4.78 is 0. The molecule has 3 rings (SSSR count). The molecule has 0 heterocycles. The summed E-state index contributed by atoms with van der Waals surface area (Å²) in [4.78, 5) is 12.6. The molecule has 0 fully saturated rings.